The molecular weight excluding hydrogens is 262 g/mol. The summed E-state index contributed by atoms with van der Waals surface area (Å²) in [5, 5.41) is 10.00. The molecule has 3 N–H and O–H groups in total. The van der Waals surface area contributed by atoms with Gasteiger partial charge < -0.3 is 11.1 Å². The summed E-state index contributed by atoms with van der Waals surface area (Å²) < 4.78 is 1.51. The van der Waals surface area contributed by atoms with E-state index in [1.807, 2.05) is 12.3 Å². The smallest absolute Gasteiger partial charge is 0.271 e. The van der Waals surface area contributed by atoms with Gasteiger partial charge in [0.05, 0.1) is 22.1 Å². The molecule has 0 atom stereocenters. The predicted molar refractivity (Wildman–Crippen MR) is 75.2 cm³/mol. The van der Waals surface area contributed by atoms with Gasteiger partial charge in [0.2, 0.25) is 0 Å². The Morgan fingerprint density at radius 2 is 2.26 bits per heavy atom. The minimum atomic E-state index is -0.201. The maximum atomic E-state index is 12.0. The summed E-state index contributed by atoms with van der Waals surface area (Å²) >= 11 is 1.61. The van der Waals surface area contributed by atoms with Gasteiger partial charge in [-0.2, -0.15) is 5.10 Å². The fourth-order valence-corrected chi connectivity index (χ4v) is 2.50. The van der Waals surface area contributed by atoms with Crippen LogP contribution in [0.5, 0.6) is 0 Å². The van der Waals surface area contributed by atoms with E-state index in [0.29, 0.717) is 30.0 Å². The Balaban J connectivity index is 1.94. The third-order valence-corrected chi connectivity index (χ3v) is 3.64. The number of aromatic nitrogens is 3. The van der Waals surface area contributed by atoms with Crippen molar-refractivity contribution in [2.24, 2.45) is 7.05 Å². The van der Waals surface area contributed by atoms with Gasteiger partial charge in [-0.1, -0.05) is 0 Å². The van der Waals surface area contributed by atoms with Crippen LogP contribution in [0.3, 0.4) is 0 Å². The summed E-state index contributed by atoms with van der Waals surface area (Å²) in [6.45, 7) is 4.28. The number of anilines is 1. The van der Waals surface area contributed by atoms with E-state index >= 15 is 0 Å². The molecule has 0 aliphatic carbocycles. The standard InChI is InChI=1S/C12H17N5OS/c1-7-10(13)11(17(3)16-7)12(18)14-5-4-9-6-19-8(2)15-9/h6H,4-5,13H2,1-3H3,(H,14,18). The van der Waals surface area contributed by atoms with Gasteiger partial charge in [0, 0.05) is 25.4 Å². The van der Waals surface area contributed by atoms with Crippen molar-refractivity contribution in [2.45, 2.75) is 20.3 Å². The molecule has 1 amide bonds. The molecule has 0 aliphatic heterocycles. The highest BCUT2D eigenvalue weighted by Crippen LogP contribution is 2.14. The minimum Gasteiger partial charge on any atom is -0.395 e. The third kappa shape index (κ3) is 2.93. The van der Waals surface area contributed by atoms with Crippen molar-refractivity contribution >= 4 is 22.9 Å². The van der Waals surface area contributed by atoms with E-state index in [2.05, 4.69) is 15.4 Å². The van der Waals surface area contributed by atoms with Crippen molar-refractivity contribution in [1.82, 2.24) is 20.1 Å². The van der Waals surface area contributed by atoms with Gasteiger partial charge in [0.1, 0.15) is 5.69 Å². The van der Waals surface area contributed by atoms with Crippen molar-refractivity contribution in [3.05, 3.63) is 27.5 Å². The molecule has 0 radical (unpaired) electrons. The number of nitrogens with one attached hydrogen (secondary N) is 1. The van der Waals surface area contributed by atoms with Crippen LogP contribution in [0.4, 0.5) is 5.69 Å². The lowest BCUT2D eigenvalue weighted by atomic mass is 10.3. The van der Waals surface area contributed by atoms with Gasteiger partial charge in [-0.15, -0.1) is 11.3 Å². The lowest BCUT2D eigenvalue weighted by Crippen LogP contribution is -2.28. The van der Waals surface area contributed by atoms with Gasteiger partial charge in [-0.25, -0.2) is 4.98 Å². The van der Waals surface area contributed by atoms with Crippen LogP contribution in [0.1, 0.15) is 26.9 Å². The zero-order valence-corrected chi connectivity index (χ0v) is 12.0. The fourth-order valence-electron chi connectivity index (χ4n) is 1.85. The Morgan fingerprint density at radius 3 is 2.79 bits per heavy atom. The predicted octanol–water partition coefficient (Wildman–Crippen LogP) is 1.05. The Labute approximate surface area is 115 Å². The molecule has 7 heteroatoms. The van der Waals surface area contributed by atoms with E-state index in [-0.39, 0.29) is 5.91 Å². The molecule has 0 aliphatic rings. The van der Waals surface area contributed by atoms with E-state index < -0.39 is 0 Å². The monoisotopic (exact) mass is 279 g/mol. The number of nitrogens with two attached hydrogens (primary N) is 1. The van der Waals surface area contributed by atoms with Gasteiger partial charge in [-0.3, -0.25) is 9.48 Å². The highest BCUT2D eigenvalue weighted by atomic mass is 32.1. The molecule has 0 aromatic carbocycles. The Morgan fingerprint density at radius 1 is 1.53 bits per heavy atom. The van der Waals surface area contributed by atoms with Gasteiger partial charge in [-0.05, 0) is 13.8 Å². The number of nitrogen functional groups attached to an aromatic ring is 1. The number of carbonyl (C=O) groups excluding carboxylic acids is 1. The molecular formula is C12H17N5OS. The van der Waals surface area contributed by atoms with Crippen LogP contribution < -0.4 is 11.1 Å². The summed E-state index contributed by atoms with van der Waals surface area (Å²) in [7, 11) is 1.71. The lowest BCUT2D eigenvalue weighted by molar-refractivity contribution is 0.0945. The molecule has 0 unspecified atom stereocenters. The molecule has 6 nitrogen and oxygen atoms in total. The van der Waals surface area contributed by atoms with Crippen LogP contribution in [0, 0.1) is 13.8 Å². The molecule has 2 rings (SSSR count). The quantitative estimate of drug-likeness (QED) is 0.876. The maximum absolute atomic E-state index is 12.0. The lowest BCUT2D eigenvalue weighted by Gasteiger charge is -2.05. The number of carbonyl (C=O) groups is 1. The van der Waals surface area contributed by atoms with E-state index in [4.69, 9.17) is 5.73 Å². The molecule has 0 saturated heterocycles. The second kappa shape index (κ2) is 5.40. The molecule has 2 aromatic rings. The first-order valence-electron chi connectivity index (χ1n) is 5.97. The van der Waals surface area contributed by atoms with Crippen LogP contribution in [0.2, 0.25) is 0 Å². The Bertz CT molecular complexity index is 601. The fraction of sp³-hybridized carbons (Fsp3) is 0.417. The number of thiazole rings is 1. The van der Waals surface area contributed by atoms with Crippen molar-refractivity contribution < 1.29 is 4.79 Å². The number of hydrogen-bond acceptors (Lipinski definition) is 5. The molecule has 102 valence electrons. The first kappa shape index (κ1) is 13.5. The van der Waals surface area contributed by atoms with Gasteiger partial charge in [0.25, 0.3) is 5.91 Å². The maximum Gasteiger partial charge on any atom is 0.271 e. The van der Waals surface area contributed by atoms with Crippen LogP contribution in [-0.4, -0.2) is 27.2 Å². The van der Waals surface area contributed by atoms with Crippen molar-refractivity contribution in [3.63, 3.8) is 0 Å². The van der Waals surface area contributed by atoms with E-state index in [1.54, 1.807) is 25.3 Å². The average Bonchev–Trinajstić information content (AvgIpc) is 2.84. The zero-order chi connectivity index (χ0) is 14.0. The number of nitrogens with zero attached hydrogens (tertiary/aromatic N) is 3. The second-order valence-electron chi connectivity index (χ2n) is 4.34. The van der Waals surface area contributed by atoms with Crippen molar-refractivity contribution in [3.8, 4) is 0 Å². The second-order valence-corrected chi connectivity index (χ2v) is 5.40. The Hall–Kier alpha value is -1.89. The van der Waals surface area contributed by atoms with E-state index in [0.717, 1.165) is 10.7 Å². The number of rotatable bonds is 4. The van der Waals surface area contributed by atoms with Crippen LogP contribution in [0.25, 0.3) is 0 Å². The van der Waals surface area contributed by atoms with Crippen LogP contribution >= 0.6 is 11.3 Å². The minimum absolute atomic E-state index is 0.201. The summed E-state index contributed by atoms with van der Waals surface area (Å²) in [5.74, 6) is -0.201. The van der Waals surface area contributed by atoms with Crippen molar-refractivity contribution in [1.29, 1.82) is 0 Å². The van der Waals surface area contributed by atoms with Gasteiger partial charge >= 0.3 is 0 Å². The van der Waals surface area contributed by atoms with E-state index in [9.17, 15) is 4.79 Å². The largest absolute Gasteiger partial charge is 0.395 e. The first-order valence-corrected chi connectivity index (χ1v) is 6.85. The molecule has 0 bridgehead atoms. The highest BCUT2D eigenvalue weighted by Gasteiger charge is 2.17. The summed E-state index contributed by atoms with van der Waals surface area (Å²) in [5.41, 5.74) is 8.35. The summed E-state index contributed by atoms with van der Waals surface area (Å²) in [6, 6.07) is 0. The topological polar surface area (TPSA) is 85.8 Å². The molecule has 0 saturated carbocycles. The average molecular weight is 279 g/mol. The molecule has 0 fully saturated rings. The van der Waals surface area contributed by atoms with E-state index in [1.165, 1.54) is 4.68 Å². The number of amides is 1. The molecule has 2 aromatic heterocycles. The Kier molecular flexibility index (Phi) is 3.84. The third-order valence-electron chi connectivity index (χ3n) is 2.82. The molecule has 0 spiro atoms. The number of aryl methyl sites for hydroxylation is 3. The van der Waals surface area contributed by atoms with Crippen molar-refractivity contribution in [2.75, 3.05) is 12.3 Å². The molecule has 2 heterocycles. The SMILES string of the molecule is Cc1nc(CCNC(=O)c2c(N)c(C)nn2C)cs1. The summed E-state index contributed by atoms with van der Waals surface area (Å²) in [4.78, 5) is 16.4. The highest BCUT2D eigenvalue weighted by molar-refractivity contribution is 7.09. The first-order chi connectivity index (χ1) is 8.99. The number of hydrogen-bond donors (Lipinski definition) is 2. The normalized spacial score (nSPS) is 10.7. The zero-order valence-electron chi connectivity index (χ0n) is 11.2. The summed E-state index contributed by atoms with van der Waals surface area (Å²) in [6.07, 6.45) is 0.715. The van der Waals surface area contributed by atoms with Crippen LogP contribution in [-0.2, 0) is 13.5 Å². The molecule has 19 heavy (non-hydrogen) atoms. The van der Waals surface area contributed by atoms with Gasteiger partial charge in [0.15, 0.2) is 0 Å². The van der Waals surface area contributed by atoms with Crippen LogP contribution in [0.15, 0.2) is 5.38 Å².